The fourth-order valence-electron chi connectivity index (χ4n) is 6.38. The van der Waals surface area contributed by atoms with Gasteiger partial charge in [-0.05, 0) is 91.2 Å². The number of aliphatic hydroxyl groups excluding tert-OH is 1. The molecular formula is C39H46F2N4O3. The van der Waals surface area contributed by atoms with Gasteiger partial charge in [-0.15, -0.1) is 0 Å². The molecule has 48 heavy (non-hydrogen) atoms. The second-order valence-electron chi connectivity index (χ2n) is 12.4. The first-order chi connectivity index (χ1) is 23.2. The van der Waals surface area contributed by atoms with Crippen molar-refractivity contribution in [3.05, 3.63) is 131 Å². The zero-order valence-electron chi connectivity index (χ0n) is 28.1. The Hall–Kier alpha value is -4.31. The van der Waals surface area contributed by atoms with Crippen LogP contribution in [0.1, 0.15) is 53.0 Å². The Morgan fingerprint density at radius 2 is 1.00 bits per heavy atom. The van der Waals surface area contributed by atoms with E-state index in [1.54, 1.807) is 0 Å². The third kappa shape index (κ3) is 8.98. The van der Waals surface area contributed by atoms with Crippen molar-refractivity contribution in [3.8, 4) is 0 Å². The summed E-state index contributed by atoms with van der Waals surface area (Å²) < 4.78 is 30.8. The minimum absolute atomic E-state index is 0.0883. The SMILES string of the molecule is COC(=O)c1ccc([C@H](C)N2CCN(c3ccc(F)cc3)CC2)cc1.C[C@@H](c1ccc(CO)cc1)N1CCN(c2ccc(F)cc2)CC1. The smallest absolute Gasteiger partial charge is 0.337 e. The van der Waals surface area contributed by atoms with Crippen molar-refractivity contribution >= 4 is 17.3 Å². The molecule has 254 valence electrons. The van der Waals surface area contributed by atoms with E-state index in [2.05, 4.69) is 45.6 Å². The molecule has 0 spiro atoms. The maximum absolute atomic E-state index is 13.1. The van der Waals surface area contributed by atoms with E-state index in [1.165, 1.54) is 42.5 Å². The van der Waals surface area contributed by atoms with Crippen molar-refractivity contribution in [1.29, 1.82) is 0 Å². The van der Waals surface area contributed by atoms with Crippen LogP contribution >= 0.6 is 0 Å². The molecule has 0 unspecified atom stereocenters. The second-order valence-corrected chi connectivity index (χ2v) is 12.4. The summed E-state index contributed by atoms with van der Waals surface area (Å²) in [5.41, 5.74) is 6.13. The molecule has 0 amide bonds. The van der Waals surface area contributed by atoms with Gasteiger partial charge in [-0.2, -0.15) is 0 Å². The summed E-state index contributed by atoms with van der Waals surface area (Å²) in [6.45, 7) is 12.1. The molecule has 0 bridgehead atoms. The summed E-state index contributed by atoms with van der Waals surface area (Å²) in [5, 5.41) is 9.13. The molecule has 0 saturated carbocycles. The highest BCUT2D eigenvalue weighted by Crippen LogP contribution is 2.26. The normalized spacial score (nSPS) is 16.9. The van der Waals surface area contributed by atoms with E-state index in [-0.39, 0.29) is 30.3 Å². The number of esters is 1. The molecule has 7 nitrogen and oxygen atoms in total. The van der Waals surface area contributed by atoms with Crippen LogP contribution in [0.2, 0.25) is 0 Å². The van der Waals surface area contributed by atoms with Gasteiger partial charge in [-0.1, -0.05) is 36.4 Å². The predicted molar refractivity (Wildman–Crippen MR) is 187 cm³/mol. The Kier molecular flexibility index (Phi) is 12.2. The van der Waals surface area contributed by atoms with Gasteiger partial charge in [-0.25, -0.2) is 13.6 Å². The molecule has 0 aliphatic carbocycles. The predicted octanol–water partition coefficient (Wildman–Crippen LogP) is 6.70. The third-order valence-corrected chi connectivity index (χ3v) is 9.57. The van der Waals surface area contributed by atoms with Gasteiger partial charge >= 0.3 is 5.97 Å². The molecule has 9 heteroatoms. The number of hydrogen-bond acceptors (Lipinski definition) is 7. The first-order valence-electron chi connectivity index (χ1n) is 16.6. The van der Waals surface area contributed by atoms with Crippen LogP contribution in [-0.2, 0) is 11.3 Å². The van der Waals surface area contributed by atoms with Crippen LogP contribution in [0.3, 0.4) is 0 Å². The molecule has 2 aliphatic rings. The Labute approximate surface area is 283 Å². The highest BCUT2D eigenvalue weighted by atomic mass is 19.1. The lowest BCUT2D eigenvalue weighted by Crippen LogP contribution is -2.47. The number of anilines is 2. The molecule has 0 radical (unpaired) electrons. The zero-order chi connectivity index (χ0) is 34.0. The van der Waals surface area contributed by atoms with Gasteiger partial charge in [0.15, 0.2) is 0 Å². The average molecular weight is 657 g/mol. The first kappa shape index (κ1) is 35.0. The molecule has 4 aromatic carbocycles. The number of aliphatic hydroxyl groups is 1. The monoisotopic (exact) mass is 656 g/mol. The van der Waals surface area contributed by atoms with E-state index in [9.17, 15) is 13.6 Å². The number of nitrogens with zero attached hydrogens (tertiary/aromatic N) is 4. The molecule has 2 fully saturated rings. The van der Waals surface area contributed by atoms with Gasteiger partial charge in [0.2, 0.25) is 0 Å². The third-order valence-electron chi connectivity index (χ3n) is 9.57. The van der Waals surface area contributed by atoms with Crippen LogP contribution in [0, 0.1) is 11.6 Å². The fraction of sp³-hybridized carbons (Fsp3) is 0.359. The van der Waals surface area contributed by atoms with Crippen LogP contribution in [0.4, 0.5) is 20.2 Å². The van der Waals surface area contributed by atoms with Crippen molar-refractivity contribution < 1.29 is 23.4 Å². The van der Waals surface area contributed by atoms with Gasteiger partial charge in [0, 0.05) is 75.8 Å². The number of rotatable bonds is 8. The summed E-state index contributed by atoms with van der Waals surface area (Å²) in [6.07, 6.45) is 0. The largest absolute Gasteiger partial charge is 0.465 e. The van der Waals surface area contributed by atoms with E-state index < -0.39 is 0 Å². The van der Waals surface area contributed by atoms with E-state index in [0.717, 1.165) is 69.3 Å². The van der Waals surface area contributed by atoms with Crippen LogP contribution in [0.15, 0.2) is 97.1 Å². The number of carbonyl (C=O) groups is 1. The lowest BCUT2D eigenvalue weighted by molar-refractivity contribution is 0.0600. The molecule has 6 rings (SSSR count). The maximum atomic E-state index is 13.1. The number of halogens is 2. The number of piperazine rings is 2. The van der Waals surface area contributed by atoms with Crippen molar-refractivity contribution in [1.82, 2.24) is 9.80 Å². The summed E-state index contributed by atoms with van der Waals surface area (Å²) >= 11 is 0. The van der Waals surface area contributed by atoms with Crippen LogP contribution in [0.5, 0.6) is 0 Å². The Morgan fingerprint density at radius 3 is 1.35 bits per heavy atom. The van der Waals surface area contributed by atoms with E-state index in [4.69, 9.17) is 9.84 Å². The lowest BCUT2D eigenvalue weighted by atomic mass is 10.0. The van der Waals surface area contributed by atoms with Crippen molar-refractivity contribution in [2.45, 2.75) is 32.5 Å². The van der Waals surface area contributed by atoms with Crippen LogP contribution in [0.25, 0.3) is 0 Å². The number of methoxy groups -OCH3 is 1. The Balaban J connectivity index is 0.000000188. The van der Waals surface area contributed by atoms with Crippen LogP contribution in [-0.4, -0.2) is 80.3 Å². The molecule has 2 heterocycles. The number of carbonyl (C=O) groups excluding carboxylic acids is 1. The Bertz CT molecular complexity index is 1570. The number of ether oxygens (including phenoxy) is 1. The zero-order valence-corrected chi connectivity index (χ0v) is 28.1. The Morgan fingerprint density at radius 1 is 0.625 bits per heavy atom. The quantitative estimate of drug-likeness (QED) is 0.212. The summed E-state index contributed by atoms with van der Waals surface area (Å²) in [4.78, 5) is 21.0. The average Bonchev–Trinajstić information content (AvgIpc) is 3.15. The second kappa shape index (κ2) is 16.7. The van der Waals surface area contributed by atoms with Crippen molar-refractivity contribution in [3.63, 3.8) is 0 Å². The molecule has 0 aromatic heterocycles. The number of hydrogen-bond donors (Lipinski definition) is 1. The molecule has 2 atom stereocenters. The summed E-state index contributed by atoms with van der Waals surface area (Å²) in [7, 11) is 1.39. The van der Waals surface area contributed by atoms with Crippen molar-refractivity contribution in [2.75, 3.05) is 69.3 Å². The maximum Gasteiger partial charge on any atom is 0.337 e. The van der Waals surface area contributed by atoms with E-state index >= 15 is 0 Å². The van der Waals surface area contributed by atoms with Gasteiger partial charge in [0.25, 0.3) is 0 Å². The molecule has 4 aromatic rings. The van der Waals surface area contributed by atoms with Gasteiger partial charge in [-0.3, -0.25) is 9.80 Å². The van der Waals surface area contributed by atoms with E-state index in [0.29, 0.717) is 11.6 Å². The molecule has 1 N–H and O–H groups in total. The highest BCUT2D eigenvalue weighted by molar-refractivity contribution is 5.89. The summed E-state index contributed by atoms with van der Waals surface area (Å²) in [5.74, 6) is -0.703. The first-order valence-corrected chi connectivity index (χ1v) is 16.6. The minimum atomic E-state index is -0.313. The minimum Gasteiger partial charge on any atom is -0.465 e. The van der Waals surface area contributed by atoms with Gasteiger partial charge < -0.3 is 19.6 Å². The standard InChI is InChI=1S/C20H23FN2O2.C19H23FN2O/c1-15(16-3-5-17(6-4-16)20(24)25-2)22-11-13-23(14-12-22)19-9-7-18(21)8-10-19;1-15(17-4-2-16(14-23)3-5-17)21-10-12-22(13-11-21)19-8-6-18(20)7-9-19/h3-10,15H,11-14H2,1-2H3;2-9,15,23H,10-14H2,1H3/t2*15-/m00/s1. The molecular weight excluding hydrogens is 610 g/mol. The topological polar surface area (TPSA) is 59.5 Å². The molecule has 2 aliphatic heterocycles. The summed E-state index contributed by atoms with van der Waals surface area (Å²) in [6, 6.07) is 29.8. The molecule has 2 saturated heterocycles. The fourth-order valence-corrected chi connectivity index (χ4v) is 6.38. The van der Waals surface area contributed by atoms with E-state index in [1.807, 2.05) is 60.7 Å². The highest BCUT2D eigenvalue weighted by Gasteiger charge is 2.24. The van der Waals surface area contributed by atoms with Crippen molar-refractivity contribution in [2.24, 2.45) is 0 Å². The van der Waals surface area contributed by atoms with Gasteiger partial charge in [0.1, 0.15) is 11.6 Å². The van der Waals surface area contributed by atoms with Gasteiger partial charge in [0.05, 0.1) is 19.3 Å². The number of benzene rings is 4. The lowest BCUT2D eigenvalue weighted by Gasteiger charge is -2.39. The van der Waals surface area contributed by atoms with Crippen LogP contribution < -0.4 is 9.80 Å².